The van der Waals surface area contributed by atoms with E-state index in [-0.39, 0.29) is 0 Å². The maximum atomic E-state index is 5.98. The summed E-state index contributed by atoms with van der Waals surface area (Å²) >= 11 is 0. The Labute approximate surface area is 202 Å². The SMILES string of the molecule is CCN(CC)CCOc1cccc(Nc2ncc(C)c(-c3c(C4CCCCC4)noc3C)n2)c1. The second-order valence-corrected chi connectivity index (χ2v) is 9.09. The van der Waals surface area contributed by atoms with Gasteiger partial charge in [-0.1, -0.05) is 44.3 Å². The molecule has 0 saturated heterocycles. The maximum Gasteiger partial charge on any atom is 0.227 e. The molecule has 0 bridgehead atoms. The van der Waals surface area contributed by atoms with Crippen LogP contribution in [0.3, 0.4) is 0 Å². The van der Waals surface area contributed by atoms with E-state index in [1.54, 1.807) is 0 Å². The highest BCUT2D eigenvalue weighted by atomic mass is 16.5. The first-order valence-corrected chi connectivity index (χ1v) is 12.6. The zero-order valence-corrected chi connectivity index (χ0v) is 20.9. The number of hydrogen-bond donors (Lipinski definition) is 1. The Hall–Kier alpha value is -2.93. The third-order valence-electron chi connectivity index (χ3n) is 6.75. The highest BCUT2D eigenvalue weighted by Crippen LogP contribution is 2.39. The van der Waals surface area contributed by atoms with Crippen molar-refractivity contribution in [1.29, 1.82) is 0 Å². The average Bonchev–Trinajstić information content (AvgIpc) is 3.25. The molecule has 1 saturated carbocycles. The summed E-state index contributed by atoms with van der Waals surface area (Å²) in [5.74, 6) is 2.64. The molecule has 0 atom stereocenters. The number of anilines is 2. The average molecular weight is 464 g/mol. The smallest absolute Gasteiger partial charge is 0.227 e. The minimum Gasteiger partial charge on any atom is -0.492 e. The first-order valence-electron chi connectivity index (χ1n) is 12.6. The molecule has 1 aromatic carbocycles. The molecule has 4 rings (SSSR count). The summed E-state index contributed by atoms with van der Waals surface area (Å²) in [7, 11) is 0. The van der Waals surface area contributed by atoms with Gasteiger partial charge < -0.3 is 19.5 Å². The number of aromatic nitrogens is 3. The Morgan fingerprint density at radius 3 is 2.68 bits per heavy atom. The third-order valence-corrected chi connectivity index (χ3v) is 6.75. The lowest BCUT2D eigenvalue weighted by molar-refractivity contribution is 0.223. The lowest BCUT2D eigenvalue weighted by atomic mass is 9.84. The summed E-state index contributed by atoms with van der Waals surface area (Å²) in [5.41, 5.74) is 4.88. The summed E-state index contributed by atoms with van der Waals surface area (Å²) in [6.07, 6.45) is 8.00. The van der Waals surface area contributed by atoms with E-state index in [0.29, 0.717) is 18.5 Å². The van der Waals surface area contributed by atoms with Crippen molar-refractivity contribution in [3.63, 3.8) is 0 Å². The molecule has 3 aromatic rings. The quantitative estimate of drug-likeness (QED) is 0.380. The van der Waals surface area contributed by atoms with Gasteiger partial charge in [-0.15, -0.1) is 0 Å². The minimum atomic E-state index is 0.442. The largest absolute Gasteiger partial charge is 0.492 e. The fourth-order valence-corrected chi connectivity index (χ4v) is 4.71. The molecule has 1 aliphatic rings. The van der Waals surface area contributed by atoms with Crippen LogP contribution in [0.15, 0.2) is 35.0 Å². The number of nitrogens with one attached hydrogen (secondary N) is 1. The van der Waals surface area contributed by atoms with Crippen molar-refractivity contribution in [3.8, 4) is 17.0 Å². The molecule has 0 amide bonds. The number of aryl methyl sites for hydroxylation is 2. The van der Waals surface area contributed by atoms with Gasteiger partial charge >= 0.3 is 0 Å². The molecule has 0 spiro atoms. The van der Waals surface area contributed by atoms with Crippen molar-refractivity contribution in [2.24, 2.45) is 0 Å². The number of benzene rings is 1. The Balaban J connectivity index is 1.51. The Morgan fingerprint density at radius 2 is 1.91 bits per heavy atom. The zero-order valence-electron chi connectivity index (χ0n) is 20.9. The molecule has 2 aromatic heterocycles. The van der Waals surface area contributed by atoms with Gasteiger partial charge in [-0.05, 0) is 57.5 Å². The van der Waals surface area contributed by atoms with Gasteiger partial charge in [0.2, 0.25) is 5.95 Å². The molecular weight excluding hydrogens is 426 g/mol. The third kappa shape index (κ3) is 5.76. The number of ether oxygens (including phenoxy) is 1. The topological polar surface area (TPSA) is 76.3 Å². The van der Waals surface area contributed by atoms with Crippen molar-refractivity contribution in [2.75, 3.05) is 31.6 Å². The molecular formula is C27H37N5O2. The van der Waals surface area contributed by atoms with Crippen LogP contribution in [0.25, 0.3) is 11.3 Å². The molecule has 0 aliphatic heterocycles. The molecule has 1 fully saturated rings. The highest BCUT2D eigenvalue weighted by Gasteiger charge is 2.26. The summed E-state index contributed by atoms with van der Waals surface area (Å²) in [6, 6.07) is 7.95. The van der Waals surface area contributed by atoms with Crippen molar-refractivity contribution >= 4 is 11.6 Å². The number of hydrogen-bond acceptors (Lipinski definition) is 7. The molecule has 1 N–H and O–H groups in total. The normalized spacial score (nSPS) is 14.5. The van der Waals surface area contributed by atoms with E-state index in [0.717, 1.165) is 72.2 Å². The van der Waals surface area contributed by atoms with Crippen LogP contribution in [0.5, 0.6) is 5.75 Å². The first kappa shape index (κ1) is 24.2. The van der Waals surface area contributed by atoms with Crippen LogP contribution >= 0.6 is 0 Å². The Morgan fingerprint density at radius 1 is 1.12 bits per heavy atom. The van der Waals surface area contributed by atoms with E-state index in [1.165, 1.54) is 19.3 Å². The molecule has 34 heavy (non-hydrogen) atoms. The van der Waals surface area contributed by atoms with Crippen LogP contribution in [-0.4, -0.2) is 46.3 Å². The predicted molar refractivity (Wildman–Crippen MR) is 136 cm³/mol. The van der Waals surface area contributed by atoms with Crippen molar-refractivity contribution in [1.82, 2.24) is 20.0 Å². The second-order valence-electron chi connectivity index (χ2n) is 9.09. The summed E-state index contributed by atoms with van der Waals surface area (Å²) in [5, 5.41) is 7.81. The van der Waals surface area contributed by atoms with Crippen LogP contribution < -0.4 is 10.1 Å². The van der Waals surface area contributed by atoms with Crippen molar-refractivity contribution in [3.05, 3.63) is 47.5 Å². The van der Waals surface area contributed by atoms with Crippen molar-refractivity contribution in [2.45, 2.75) is 65.7 Å². The van der Waals surface area contributed by atoms with E-state index in [4.69, 9.17) is 14.2 Å². The predicted octanol–water partition coefficient (Wildman–Crippen LogP) is 6.26. The van der Waals surface area contributed by atoms with Gasteiger partial charge in [0.25, 0.3) is 0 Å². The van der Waals surface area contributed by atoms with Gasteiger partial charge in [0.05, 0.1) is 17.0 Å². The second kappa shape index (κ2) is 11.5. The van der Waals surface area contributed by atoms with Crippen LogP contribution in [0.2, 0.25) is 0 Å². The molecule has 0 unspecified atom stereocenters. The monoisotopic (exact) mass is 463 g/mol. The van der Waals surface area contributed by atoms with Crippen LogP contribution in [0.4, 0.5) is 11.6 Å². The standard InChI is InChI=1S/C27H37N5O2/c1-5-32(6-2)15-16-33-23-14-10-13-22(17-23)29-27-28-18-19(3)25(30-27)24-20(4)34-31-26(24)21-11-8-7-9-12-21/h10,13-14,17-18,21H,5-9,11-12,15-16H2,1-4H3,(H,28,29,30). The lowest BCUT2D eigenvalue weighted by Gasteiger charge is -2.20. The van der Waals surface area contributed by atoms with Crippen LogP contribution in [0.1, 0.15) is 68.9 Å². The Kier molecular flexibility index (Phi) is 8.16. The molecule has 2 heterocycles. The first-order chi connectivity index (χ1) is 16.6. The molecule has 7 nitrogen and oxygen atoms in total. The maximum absolute atomic E-state index is 5.98. The van der Waals surface area contributed by atoms with E-state index >= 15 is 0 Å². The van der Waals surface area contributed by atoms with Gasteiger partial charge in [0, 0.05) is 30.4 Å². The van der Waals surface area contributed by atoms with Gasteiger partial charge in [-0.3, -0.25) is 0 Å². The number of likely N-dealkylation sites (N-methyl/N-ethyl adjacent to an activating group) is 1. The van der Waals surface area contributed by atoms with Crippen molar-refractivity contribution < 1.29 is 9.26 Å². The van der Waals surface area contributed by atoms with E-state index in [2.05, 4.69) is 34.2 Å². The fourth-order valence-electron chi connectivity index (χ4n) is 4.71. The van der Waals surface area contributed by atoms with Crippen LogP contribution in [-0.2, 0) is 0 Å². The molecule has 0 radical (unpaired) electrons. The molecule has 7 heteroatoms. The van der Waals surface area contributed by atoms with E-state index in [1.807, 2.05) is 44.3 Å². The zero-order chi connectivity index (χ0) is 23.9. The fraction of sp³-hybridized carbons (Fsp3) is 0.519. The Bertz CT molecular complexity index is 1070. The van der Waals surface area contributed by atoms with Gasteiger partial charge in [-0.2, -0.15) is 0 Å². The van der Waals surface area contributed by atoms with Crippen LogP contribution in [0, 0.1) is 13.8 Å². The van der Waals surface area contributed by atoms with Gasteiger partial charge in [-0.25, -0.2) is 9.97 Å². The van der Waals surface area contributed by atoms with Gasteiger partial charge in [0.1, 0.15) is 18.1 Å². The summed E-state index contributed by atoms with van der Waals surface area (Å²) < 4.78 is 11.6. The minimum absolute atomic E-state index is 0.442. The van der Waals surface area contributed by atoms with E-state index < -0.39 is 0 Å². The summed E-state index contributed by atoms with van der Waals surface area (Å²) in [6.45, 7) is 12.0. The number of nitrogens with zero attached hydrogens (tertiary/aromatic N) is 4. The highest BCUT2D eigenvalue weighted by molar-refractivity contribution is 5.69. The lowest BCUT2D eigenvalue weighted by Crippen LogP contribution is -2.27. The van der Waals surface area contributed by atoms with E-state index in [9.17, 15) is 0 Å². The molecule has 1 aliphatic carbocycles. The van der Waals surface area contributed by atoms with Gasteiger partial charge in [0.15, 0.2) is 0 Å². The number of rotatable bonds is 10. The summed E-state index contributed by atoms with van der Waals surface area (Å²) in [4.78, 5) is 11.8. The molecule has 182 valence electrons.